The van der Waals surface area contributed by atoms with E-state index in [1.54, 1.807) is 6.07 Å². The number of urea groups is 1. The normalized spacial score (nSPS) is 9.95. The molecule has 0 saturated heterocycles. The number of hydrogen-bond donors (Lipinski definition) is 3. The van der Waals surface area contributed by atoms with Gasteiger partial charge in [0.25, 0.3) is 0 Å². The molecule has 4 N–H and O–H groups in total. The molecule has 0 atom stereocenters. The second-order valence-corrected chi connectivity index (χ2v) is 4.33. The third-order valence-electron chi connectivity index (χ3n) is 2.84. The molecule has 2 aromatic carbocycles. The lowest BCUT2D eigenvalue weighted by Crippen LogP contribution is -2.28. The van der Waals surface area contributed by atoms with Crippen molar-refractivity contribution in [3.05, 3.63) is 59.7 Å². The second kappa shape index (κ2) is 5.91. The maximum Gasteiger partial charge on any atom is 0.319 e. The van der Waals surface area contributed by atoms with E-state index in [2.05, 4.69) is 10.6 Å². The van der Waals surface area contributed by atoms with Crippen molar-refractivity contribution in [2.75, 3.05) is 11.1 Å². The van der Waals surface area contributed by atoms with Gasteiger partial charge >= 0.3 is 6.03 Å². The number of carbonyl (C=O) groups is 1. The molecule has 0 aliphatic carbocycles. The molecule has 0 spiro atoms. The molecule has 0 saturated carbocycles. The van der Waals surface area contributed by atoms with Crippen molar-refractivity contribution in [2.45, 2.75) is 13.5 Å². The minimum atomic E-state index is -0.259. The molecule has 98 valence electrons. The van der Waals surface area contributed by atoms with Crippen LogP contribution in [0.3, 0.4) is 0 Å². The summed E-state index contributed by atoms with van der Waals surface area (Å²) < 4.78 is 0. The van der Waals surface area contributed by atoms with Crippen LogP contribution in [0.1, 0.15) is 11.1 Å². The fourth-order valence-electron chi connectivity index (χ4n) is 1.80. The lowest BCUT2D eigenvalue weighted by Gasteiger charge is -2.12. The van der Waals surface area contributed by atoms with E-state index in [9.17, 15) is 4.79 Å². The Morgan fingerprint density at radius 2 is 1.84 bits per heavy atom. The van der Waals surface area contributed by atoms with Crippen LogP contribution >= 0.6 is 0 Å². The monoisotopic (exact) mass is 255 g/mol. The molecule has 19 heavy (non-hydrogen) atoms. The summed E-state index contributed by atoms with van der Waals surface area (Å²) in [6.07, 6.45) is 0. The van der Waals surface area contributed by atoms with E-state index >= 15 is 0 Å². The predicted octanol–water partition coefficient (Wildman–Crippen LogP) is 2.90. The molecule has 2 amide bonds. The van der Waals surface area contributed by atoms with Gasteiger partial charge in [-0.2, -0.15) is 0 Å². The van der Waals surface area contributed by atoms with Crippen molar-refractivity contribution in [1.29, 1.82) is 0 Å². The first-order chi connectivity index (χ1) is 9.16. The number of para-hydroxylation sites is 1. The van der Waals surface area contributed by atoms with Gasteiger partial charge in [-0.15, -0.1) is 0 Å². The van der Waals surface area contributed by atoms with Crippen LogP contribution in [0.4, 0.5) is 16.2 Å². The molecule has 0 bridgehead atoms. The Labute approximate surface area is 112 Å². The van der Waals surface area contributed by atoms with Crippen molar-refractivity contribution in [3.63, 3.8) is 0 Å². The number of aryl methyl sites for hydroxylation is 1. The molecular formula is C15H17N3O. The predicted molar refractivity (Wildman–Crippen MR) is 77.9 cm³/mol. The topological polar surface area (TPSA) is 67.1 Å². The van der Waals surface area contributed by atoms with Crippen molar-refractivity contribution >= 4 is 17.4 Å². The van der Waals surface area contributed by atoms with Gasteiger partial charge in [0.2, 0.25) is 0 Å². The first-order valence-corrected chi connectivity index (χ1v) is 6.10. The fraction of sp³-hybridized carbons (Fsp3) is 0.133. The summed E-state index contributed by atoms with van der Waals surface area (Å²) in [6, 6.07) is 15.0. The van der Waals surface area contributed by atoms with E-state index in [0.29, 0.717) is 17.9 Å². The number of carbonyl (C=O) groups excluding carboxylic acids is 1. The van der Waals surface area contributed by atoms with Gasteiger partial charge in [-0.1, -0.05) is 42.5 Å². The van der Waals surface area contributed by atoms with Crippen LogP contribution in [0.25, 0.3) is 0 Å². The standard InChI is InChI=1S/C15H17N3O/c1-11-6-5-9-13(16)14(11)18-15(19)17-10-12-7-3-2-4-8-12/h2-9H,10,16H2,1H3,(H2,17,18,19). The minimum Gasteiger partial charge on any atom is -0.397 e. The van der Waals surface area contributed by atoms with Crippen LogP contribution in [-0.2, 0) is 6.54 Å². The SMILES string of the molecule is Cc1cccc(N)c1NC(=O)NCc1ccccc1. The summed E-state index contributed by atoms with van der Waals surface area (Å²) in [7, 11) is 0. The molecule has 0 heterocycles. The molecule has 0 fully saturated rings. The van der Waals surface area contributed by atoms with Crippen LogP contribution in [-0.4, -0.2) is 6.03 Å². The van der Waals surface area contributed by atoms with E-state index < -0.39 is 0 Å². The van der Waals surface area contributed by atoms with E-state index in [1.807, 2.05) is 49.4 Å². The van der Waals surface area contributed by atoms with Crippen molar-refractivity contribution < 1.29 is 4.79 Å². The fourth-order valence-corrected chi connectivity index (χ4v) is 1.80. The summed E-state index contributed by atoms with van der Waals surface area (Å²) >= 11 is 0. The summed E-state index contributed by atoms with van der Waals surface area (Å²) in [5.41, 5.74) is 9.05. The van der Waals surface area contributed by atoms with Crippen molar-refractivity contribution in [3.8, 4) is 0 Å². The van der Waals surface area contributed by atoms with E-state index in [-0.39, 0.29) is 6.03 Å². The highest BCUT2D eigenvalue weighted by molar-refractivity contribution is 5.93. The highest BCUT2D eigenvalue weighted by atomic mass is 16.2. The van der Waals surface area contributed by atoms with Gasteiger partial charge in [-0.3, -0.25) is 0 Å². The second-order valence-electron chi connectivity index (χ2n) is 4.33. The van der Waals surface area contributed by atoms with Gasteiger partial charge in [0.05, 0.1) is 11.4 Å². The molecule has 0 aliphatic rings. The molecule has 4 nitrogen and oxygen atoms in total. The average Bonchev–Trinajstić information content (AvgIpc) is 2.42. The highest BCUT2D eigenvalue weighted by Gasteiger charge is 2.06. The molecule has 2 aromatic rings. The Balaban J connectivity index is 1.95. The molecule has 2 rings (SSSR count). The number of benzene rings is 2. The van der Waals surface area contributed by atoms with E-state index in [4.69, 9.17) is 5.73 Å². The Morgan fingerprint density at radius 3 is 2.53 bits per heavy atom. The van der Waals surface area contributed by atoms with Gasteiger partial charge in [-0.25, -0.2) is 4.79 Å². The third kappa shape index (κ3) is 3.48. The molecule has 4 heteroatoms. The number of nitrogens with one attached hydrogen (secondary N) is 2. The van der Waals surface area contributed by atoms with Crippen LogP contribution in [0, 0.1) is 6.92 Å². The maximum absolute atomic E-state index is 11.8. The minimum absolute atomic E-state index is 0.259. The van der Waals surface area contributed by atoms with Gasteiger partial charge in [0, 0.05) is 6.54 Å². The van der Waals surface area contributed by atoms with E-state index in [1.165, 1.54) is 0 Å². The Hall–Kier alpha value is -2.49. The molecule has 0 aliphatic heterocycles. The zero-order valence-corrected chi connectivity index (χ0v) is 10.8. The van der Waals surface area contributed by atoms with Crippen LogP contribution < -0.4 is 16.4 Å². The Bertz CT molecular complexity index is 547. The average molecular weight is 255 g/mol. The smallest absolute Gasteiger partial charge is 0.319 e. The summed E-state index contributed by atoms with van der Waals surface area (Å²) in [5.74, 6) is 0. The third-order valence-corrected chi connectivity index (χ3v) is 2.84. The molecule has 0 unspecified atom stereocenters. The lowest BCUT2D eigenvalue weighted by molar-refractivity contribution is 0.251. The van der Waals surface area contributed by atoms with Crippen molar-refractivity contribution in [1.82, 2.24) is 5.32 Å². The molecule has 0 aromatic heterocycles. The number of amides is 2. The zero-order chi connectivity index (χ0) is 13.7. The van der Waals surface area contributed by atoms with Gasteiger partial charge < -0.3 is 16.4 Å². The summed E-state index contributed by atoms with van der Waals surface area (Å²) in [5, 5.41) is 5.57. The maximum atomic E-state index is 11.8. The van der Waals surface area contributed by atoms with Crippen LogP contribution in [0.15, 0.2) is 48.5 Å². The molecule has 0 radical (unpaired) electrons. The largest absolute Gasteiger partial charge is 0.397 e. The summed E-state index contributed by atoms with van der Waals surface area (Å²) in [6.45, 7) is 2.39. The van der Waals surface area contributed by atoms with E-state index in [0.717, 1.165) is 11.1 Å². The number of nitrogens with two attached hydrogens (primary N) is 1. The highest BCUT2D eigenvalue weighted by Crippen LogP contribution is 2.22. The van der Waals surface area contributed by atoms with Gasteiger partial charge in [-0.05, 0) is 24.1 Å². The van der Waals surface area contributed by atoms with Gasteiger partial charge in [0.15, 0.2) is 0 Å². The van der Waals surface area contributed by atoms with Crippen LogP contribution in [0.2, 0.25) is 0 Å². The quantitative estimate of drug-likeness (QED) is 0.738. The number of nitrogen functional groups attached to an aromatic ring is 1. The Kier molecular flexibility index (Phi) is 4.03. The number of anilines is 2. The first kappa shape index (κ1) is 13.0. The van der Waals surface area contributed by atoms with Crippen molar-refractivity contribution in [2.24, 2.45) is 0 Å². The first-order valence-electron chi connectivity index (χ1n) is 6.10. The molecular weight excluding hydrogens is 238 g/mol. The van der Waals surface area contributed by atoms with Crippen LogP contribution in [0.5, 0.6) is 0 Å². The number of hydrogen-bond acceptors (Lipinski definition) is 2. The number of rotatable bonds is 3. The lowest BCUT2D eigenvalue weighted by atomic mass is 10.2. The van der Waals surface area contributed by atoms with Gasteiger partial charge in [0.1, 0.15) is 0 Å². The summed E-state index contributed by atoms with van der Waals surface area (Å²) in [4.78, 5) is 11.8. The Morgan fingerprint density at radius 1 is 1.11 bits per heavy atom. The zero-order valence-electron chi connectivity index (χ0n) is 10.8.